The molecule has 0 spiro atoms. The minimum Gasteiger partial charge on any atom is -0.375 e. The van der Waals surface area contributed by atoms with Crippen LogP contribution in [-0.4, -0.2) is 26.9 Å². The third-order valence-corrected chi connectivity index (χ3v) is 3.05. The van der Waals surface area contributed by atoms with Crippen molar-refractivity contribution >= 4 is 21.6 Å². The normalized spacial score (nSPS) is 11.3. The second-order valence-corrected chi connectivity index (χ2v) is 5.65. The summed E-state index contributed by atoms with van der Waals surface area (Å²) in [6, 6.07) is 6.21. The molecular weight excluding hydrogens is 254 g/mol. The van der Waals surface area contributed by atoms with E-state index in [2.05, 4.69) is 10.6 Å². The van der Waals surface area contributed by atoms with Crippen LogP contribution in [-0.2, 0) is 14.8 Å². The van der Waals surface area contributed by atoms with E-state index in [-0.39, 0.29) is 23.4 Å². The molecule has 4 N–H and O–H groups in total. The van der Waals surface area contributed by atoms with Crippen LogP contribution in [0.15, 0.2) is 29.2 Å². The number of primary sulfonamides is 1. The van der Waals surface area contributed by atoms with Gasteiger partial charge in [-0.1, -0.05) is 12.1 Å². The summed E-state index contributed by atoms with van der Waals surface area (Å²) >= 11 is 0. The highest BCUT2D eigenvalue weighted by Gasteiger charge is 2.13. The van der Waals surface area contributed by atoms with Gasteiger partial charge in [0.1, 0.15) is 4.90 Å². The molecule has 1 aromatic carbocycles. The maximum absolute atomic E-state index is 11.4. The summed E-state index contributed by atoms with van der Waals surface area (Å²) < 4.78 is 22.6. The Bertz CT molecular complexity index is 526. The lowest BCUT2D eigenvalue weighted by atomic mass is 10.3. The molecule has 0 aromatic heterocycles. The molecule has 0 bridgehead atoms. The monoisotopic (exact) mass is 271 g/mol. The molecule has 0 saturated carbocycles. The first-order valence-electron chi connectivity index (χ1n) is 5.46. The maximum Gasteiger partial charge on any atom is 0.240 e. The van der Waals surface area contributed by atoms with Crippen LogP contribution in [0.25, 0.3) is 0 Å². The van der Waals surface area contributed by atoms with Gasteiger partial charge in [0, 0.05) is 6.04 Å². The van der Waals surface area contributed by atoms with E-state index in [0.29, 0.717) is 5.69 Å². The van der Waals surface area contributed by atoms with Crippen molar-refractivity contribution in [1.29, 1.82) is 0 Å². The van der Waals surface area contributed by atoms with Gasteiger partial charge in [-0.05, 0) is 26.0 Å². The number of nitrogens with two attached hydrogens (primary N) is 1. The van der Waals surface area contributed by atoms with Crippen molar-refractivity contribution in [3.05, 3.63) is 24.3 Å². The molecular formula is C11H17N3O3S. The first kappa shape index (κ1) is 14.5. The third-order valence-electron chi connectivity index (χ3n) is 2.08. The summed E-state index contributed by atoms with van der Waals surface area (Å²) in [4.78, 5) is 11.4. The van der Waals surface area contributed by atoms with Crippen molar-refractivity contribution in [3.63, 3.8) is 0 Å². The van der Waals surface area contributed by atoms with Gasteiger partial charge < -0.3 is 10.6 Å². The molecule has 1 rings (SSSR count). The number of amides is 1. The van der Waals surface area contributed by atoms with E-state index in [1.165, 1.54) is 6.07 Å². The lowest BCUT2D eigenvalue weighted by Gasteiger charge is -2.12. The summed E-state index contributed by atoms with van der Waals surface area (Å²) in [7, 11) is -3.80. The number of para-hydroxylation sites is 1. The number of benzene rings is 1. The molecule has 0 atom stereocenters. The van der Waals surface area contributed by atoms with Crippen LogP contribution in [0.3, 0.4) is 0 Å². The van der Waals surface area contributed by atoms with Gasteiger partial charge in [0.15, 0.2) is 0 Å². The summed E-state index contributed by atoms with van der Waals surface area (Å²) in [5, 5.41) is 10.5. The molecule has 0 radical (unpaired) electrons. The zero-order valence-electron chi connectivity index (χ0n) is 10.3. The van der Waals surface area contributed by atoms with Crippen molar-refractivity contribution in [2.24, 2.45) is 5.14 Å². The van der Waals surface area contributed by atoms with Gasteiger partial charge in [-0.3, -0.25) is 4.79 Å². The number of nitrogens with one attached hydrogen (secondary N) is 2. The Morgan fingerprint density at radius 2 is 1.94 bits per heavy atom. The van der Waals surface area contributed by atoms with E-state index in [1.807, 2.05) is 13.8 Å². The van der Waals surface area contributed by atoms with Gasteiger partial charge in [-0.15, -0.1) is 0 Å². The van der Waals surface area contributed by atoms with Crippen molar-refractivity contribution in [2.45, 2.75) is 24.8 Å². The SMILES string of the molecule is CC(C)NC(=O)CNc1ccccc1S(N)(=O)=O. The highest BCUT2D eigenvalue weighted by atomic mass is 32.2. The van der Waals surface area contributed by atoms with Gasteiger partial charge in [-0.25, -0.2) is 13.6 Å². The van der Waals surface area contributed by atoms with Crippen molar-refractivity contribution in [1.82, 2.24) is 5.32 Å². The van der Waals surface area contributed by atoms with Gasteiger partial charge in [-0.2, -0.15) is 0 Å². The molecule has 6 nitrogen and oxygen atoms in total. The number of rotatable bonds is 5. The van der Waals surface area contributed by atoms with Crippen LogP contribution in [0, 0.1) is 0 Å². The van der Waals surface area contributed by atoms with Crippen molar-refractivity contribution in [3.8, 4) is 0 Å². The quantitative estimate of drug-likeness (QED) is 0.715. The van der Waals surface area contributed by atoms with Gasteiger partial charge in [0.25, 0.3) is 0 Å². The third kappa shape index (κ3) is 4.34. The molecule has 100 valence electrons. The van der Waals surface area contributed by atoms with E-state index in [0.717, 1.165) is 0 Å². The largest absolute Gasteiger partial charge is 0.375 e. The lowest BCUT2D eigenvalue weighted by Crippen LogP contribution is -2.35. The molecule has 1 amide bonds. The van der Waals surface area contributed by atoms with E-state index < -0.39 is 10.0 Å². The fourth-order valence-electron chi connectivity index (χ4n) is 1.41. The van der Waals surface area contributed by atoms with Gasteiger partial charge in [0.05, 0.1) is 12.2 Å². The fourth-order valence-corrected chi connectivity index (χ4v) is 2.12. The topological polar surface area (TPSA) is 101 Å². The highest BCUT2D eigenvalue weighted by molar-refractivity contribution is 7.89. The van der Waals surface area contributed by atoms with Crippen LogP contribution in [0.4, 0.5) is 5.69 Å². The van der Waals surface area contributed by atoms with Crippen LogP contribution in [0.2, 0.25) is 0 Å². The molecule has 0 fully saturated rings. The smallest absolute Gasteiger partial charge is 0.240 e. The van der Waals surface area contributed by atoms with Crippen molar-refractivity contribution < 1.29 is 13.2 Å². The molecule has 18 heavy (non-hydrogen) atoms. The molecule has 0 aliphatic carbocycles. The summed E-state index contributed by atoms with van der Waals surface area (Å²) in [5.74, 6) is -0.214. The number of hydrogen-bond donors (Lipinski definition) is 3. The van der Waals surface area contributed by atoms with E-state index in [1.54, 1.807) is 18.2 Å². The van der Waals surface area contributed by atoms with E-state index in [9.17, 15) is 13.2 Å². The molecule has 1 aromatic rings. The Morgan fingerprint density at radius 1 is 1.33 bits per heavy atom. The lowest BCUT2D eigenvalue weighted by molar-refractivity contribution is -0.119. The van der Waals surface area contributed by atoms with Crippen molar-refractivity contribution in [2.75, 3.05) is 11.9 Å². The second-order valence-electron chi connectivity index (χ2n) is 4.12. The summed E-state index contributed by atoms with van der Waals surface area (Å²) in [6.07, 6.45) is 0. The number of carbonyl (C=O) groups is 1. The Balaban J connectivity index is 2.77. The molecule has 0 unspecified atom stereocenters. The van der Waals surface area contributed by atoms with Crippen LogP contribution in [0.5, 0.6) is 0 Å². The van der Waals surface area contributed by atoms with Crippen LogP contribution < -0.4 is 15.8 Å². The van der Waals surface area contributed by atoms with E-state index >= 15 is 0 Å². The Morgan fingerprint density at radius 3 is 2.50 bits per heavy atom. The first-order chi connectivity index (χ1) is 8.30. The Kier molecular flexibility index (Phi) is 4.69. The Labute approximate surface area is 107 Å². The number of hydrogen-bond acceptors (Lipinski definition) is 4. The molecule has 0 aliphatic rings. The minimum atomic E-state index is -3.80. The van der Waals surface area contributed by atoms with Crippen LogP contribution in [0.1, 0.15) is 13.8 Å². The summed E-state index contributed by atoms with van der Waals surface area (Å²) in [5.41, 5.74) is 0.318. The zero-order valence-corrected chi connectivity index (χ0v) is 11.1. The minimum absolute atomic E-state index is 0.00921. The molecule has 0 heterocycles. The zero-order chi connectivity index (χ0) is 13.8. The number of anilines is 1. The standard InChI is InChI=1S/C11H17N3O3S/c1-8(2)14-11(15)7-13-9-5-3-4-6-10(9)18(12,16)17/h3-6,8,13H,7H2,1-2H3,(H,14,15)(H2,12,16,17). The number of carbonyl (C=O) groups excluding carboxylic acids is 1. The predicted molar refractivity (Wildman–Crippen MR) is 69.6 cm³/mol. The maximum atomic E-state index is 11.4. The van der Waals surface area contributed by atoms with E-state index in [4.69, 9.17) is 5.14 Å². The second kappa shape index (κ2) is 5.83. The molecule has 0 aliphatic heterocycles. The fraction of sp³-hybridized carbons (Fsp3) is 0.364. The predicted octanol–water partition coefficient (Wildman–Crippen LogP) is 0.271. The highest BCUT2D eigenvalue weighted by Crippen LogP contribution is 2.18. The molecule has 0 saturated heterocycles. The Hall–Kier alpha value is -1.60. The average molecular weight is 271 g/mol. The van der Waals surface area contributed by atoms with Crippen LogP contribution >= 0.6 is 0 Å². The van der Waals surface area contributed by atoms with Gasteiger partial charge in [0.2, 0.25) is 15.9 Å². The number of sulfonamides is 1. The first-order valence-corrected chi connectivity index (χ1v) is 7.00. The molecule has 7 heteroatoms. The summed E-state index contributed by atoms with van der Waals surface area (Å²) in [6.45, 7) is 3.68. The average Bonchev–Trinajstić information content (AvgIpc) is 2.24. The van der Waals surface area contributed by atoms with Gasteiger partial charge >= 0.3 is 0 Å².